The summed E-state index contributed by atoms with van der Waals surface area (Å²) in [7, 11) is 0. The first kappa shape index (κ1) is 21.8. The van der Waals surface area contributed by atoms with E-state index in [0.717, 1.165) is 18.3 Å². The maximum Gasteiger partial charge on any atom is 0.416 e. The molecule has 1 aromatic heterocycles. The van der Waals surface area contributed by atoms with E-state index in [1.165, 1.54) is 35.8 Å². The summed E-state index contributed by atoms with van der Waals surface area (Å²) in [5, 5.41) is 21.2. The molecule has 2 aromatic carbocycles. The fraction of sp³-hybridized carbons (Fsp3) is 0.0952. The Morgan fingerprint density at radius 3 is 2.19 bits per heavy atom. The number of nitrogens with one attached hydrogen (secondary N) is 2. The number of benzene rings is 2. The van der Waals surface area contributed by atoms with Crippen LogP contribution in [0.4, 0.5) is 13.2 Å². The van der Waals surface area contributed by atoms with Crippen LogP contribution >= 0.6 is 0 Å². The Hall–Kier alpha value is -3.92. The molecule has 0 bridgehead atoms. The molecule has 10 heteroatoms. The third-order valence-corrected chi connectivity index (χ3v) is 4.41. The van der Waals surface area contributed by atoms with Gasteiger partial charge in [0.05, 0.1) is 23.0 Å². The Balaban J connectivity index is 1.73. The molecular formula is C21H16F3N3O4. The second-order valence-electron chi connectivity index (χ2n) is 6.48. The van der Waals surface area contributed by atoms with Crippen LogP contribution in [0.25, 0.3) is 11.3 Å². The largest absolute Gasteiger partial charge is 0.505 e. The number of aromatic hydroxyl groups is 1. The second kappa shape index (κ2) is 8.84. The lowest BCUT2D eigenvalue weighted by Gasteiger charge is -2.10. The van der Waals surface area contributed by atoms with Crippen LogP contribution in [-0.2, 0) is 12.7 Å². The first-order valence-corrected chi connectivity index (χ1v) is 8.87. The van der Waals surface area contributed by atoms with Gasteiger partial charge in [0.25, 0.3) is 11.8 Å². The molecule has 0 unspecified atom stereocenters. The van der Waals surface area contributed by atoms with E-state index < -0.39 is 23.6 Å². The quantitative estimate of drug-likeness (QED) is 0.365. The van der Waals surface area contributed by atoms with Gasteiger partial charge in [-0.3, -0.25) is 19.8 Å². The Bertz CT molecular complexity index is 1100. The highest BCUT2D eigenvalue weighted by atomic mass is 19.4. The molecular weight excluding hydrogens is 415 g/mol. The number of rotatable bonds is 5. The van der Waals surface area contributed by atoms with E-state index in [1.54, 1.807) is 12.1 Å². The maximum absolute atomic E-state index is 12.7. The number of halogens is 3. The molecule has 31 heavy (non-hydrogen) atoms. The molecule has 0 atom stereocenters. The summed E-state index contributed by atoms with van der Waals surface area (Å²) in [4.78, 5) is 27.8. The number of nitrogens with zero attached hydrogens (tertiary/aromatic N) is 1. The number of hydrogen-bond donors (Lipinski definition) is 4. The Morgan fingerprint density at radius 1 is 0.968 bits per heavy atom. The molecule has 3 rings (SSSR count). The lowest BCUT2D eigenvalue weighted by atomic mass is 10.1. The van der Waals surface area contributed by atoms with Gasteiger partial charge in [0.2, 0.25) is 0 Å². The average molecular weight is 431 g/mol. The van der Waals surface area contributed by atoms with Crippen molar-refractivity contribution in [2.45, 2.75) is 12.7 Å². The van der Waals surface area contributed by atoms with Gasteiger partial charge in [-0.05, 0) is 35.9 Å². The monoisotopic (exact) mass is 431 g/mol. The highest BCUT2D eigenvalue weighted by Crippen LogP contribution is 2.31. The minimum Gasteiger partial charge on any atom is -0.505 e. The lowest BCUT2D eigenvalue weighted by molar-refractivity contribution is -0.137. The van der Waals surface area contributed by atoms with Crippen molar-refractivity contribution in [3.63, 3.8) is 0 Å². The van der Waals surface area contributed by atoms with Crippen molar-refractivity contribution in [1.82, 2.24) is 15.8 Å². The standard InChI is InChI=1S/C21H16F3N3O4/c22-21(23,24)15-7-5-13(6-8-15)17-9-16(18(28)11-25-17)20(30)26-10-12-1-3-14(4-2-12)19(29)27-31/h1-9,11,28,31H,10H2,(H,26,30)(H,27,29). The third-order valence-electron chi connectivity index (χ3n) is 4.41. The van der Waals surface area contributed by atoms with Crippen molar-refractivity contribution in [2.75, 3.05) is 0 Å². The minimum absolute atomic E-state index is 0.0806. The van der Waals surface area contributed by atoms with Gasteiger partial charge in [-0.25, -0.2) is 5.48 Å². The number of amides is 2. The number of carbonyl (C=O) groups excluding carboxylic acids is 2. The summed E-state index contributed by atoms with van der Waals surface area (Å²) in [6.45, 7) is 0.0806. The van der Waals surface area contributed by atoms with Crippen LogP contribution in [0.3, 0.4) is 0 Å². The zero-order valence-corrected chi connectivity index (χ0v) is 15.8. The molecule has 0 radical (unpaired) electrons. The van der Waals surface area contributed by atoms with Crippen molar-refractivity contribution >= 4 is 11.8 Å². The molecule has 7 nitrogen and oxygen atoms in total. The number of alkyl halides is 3. The van der Waals surface area contributed by atoms with Crippen molar-refractivity contribution in [3.05, 3.63) is 83.0 Å². The summed E-state index contributed by atoms with van der Waals surface area (Å²) >= 11 is 0. The Kier molecular flexibility index (Phi) is 6.21. The van der Waals surface area contributed by atoms with E-state index in [9.17, 15) is 27.9 Å². The number of hydrogen-bond acceptors (Lipinski definition) is 5. The Morgan fingerprint density at radius 2 is 1.61 bits per heavy atom. The van der Waals surface area contributed by atoms with Gasteiger partial charge in [-0.1, -0.05) is 24.3 Å². The fourth-order valence-electron chi connectivity index (χ4n) is 2.73. The first-order valence-electron chi connectivity index (χ1n) is 8.87. The van der Waals surface area contributed by atoms with E-state index in [4.69, 9.17) is 5.21 Å². The first-order chi connectivity index (χ1) is 14.7. The topological polar surface area (TPSA) is 112 Å². The van der Waals surface area contributed by atoms with Gasteiger partial charge in [-0.15, -0.1) is 0 Å². The summed E-state index contributed by atoms with van der Waals surface area (Å²) in [5.74, 6) is -1.68. The molecule has 0 aliphatic carbocycles. The summed E-state index contributed by atoms with van der Waals surface area (Å²) in [6, 6.07) is 11.6. The number of hydroxylamine groups is 1. The molecule has 0 aliphatic heterocycles. The molecule has 0 aliphatic rings. The zero-order chi connectivity index (χ0) is 22.6. The molecule has 3 aromatic rings. The van der Waals surface area contributed by atoms with Crippen LogP contribution in [0.2, 0.25) is 0 Å². The summed E-state index contributed by atoms with van der Waals surface area (Å²) in [5.41, 5.74) is 2.05. The van der Waals surface area contributed by atoms with Gasteiger partial charge in [0.15, 0.2) is 0 Å². The molecule has 160 valence electrons. The average Bonchev–Trinajstić information content (AvgIpc) is 2.77. The van der Waals surface area contributed by atoms with Crippen LogP contribution in [0.5, 0.6) is 5.75 Å². The van der Waals surface area contributed by atoms with Crippen molar-refractivity contribution < 1.29 is 33.1 Å². The van der Waals surface area contributed by atoms with Crippen LogP contribution in [0.15, 0.2) is 60.8 Å². The highest BCUT2D eigenvalue weighted by molar-refractivity contribution is 5.97. The van der Waals surface area contributed by atoms with Crippen LogP contribution in [0.1, 0.15) is 31.8 Å². The Labute approximate surface area is 174 Å². The van der Waals surface area contributed by atoms with Crippen LogP contribution < -0.4 is 10.8 Å². The smallest absolute Gasteiger partial charge is 0.416 e. The number of pyridine rings is 1. The van der Waals surface area contributed by atoms with Crippen molar-refractivity contribution in [1.29, 1.82) is 0 Å². The van der Waals surface area contributed by atoms with Gasteiger partial charge in [0, 0.05) is 17.7 Å². The predicted molar refractivity (Wildman–Crippen MR) is 103 cm³/mol. The molecule has 1 heterocycles. The summed E-state index contributed by atoms with van der Waals surface area (Å²) in [6.07, 6.45) is -3.42. The molecule has 4 N–H and O–H groups in total. The molecule has 2 amide bonds. The molecule has 0 fully saturated rings. The van der Waals surface area contributed by atoms with Crippen molar-refractivity contribution in [2.24, 2.45) is 0 Å². The highest BCUT2D eigenvalue weighted by Gasteiger charge is 2.30. The zero-order valence-electron chi connectivity index (χ0n) is 15.8. The van der Waals surface area contributed by atoms with E-state index >= 15 is 0 Å². The van der Waals surface area contributed by atoms with Gasteiger partial charge in [0.1, 0.15) is 5.75 Å². The van der Waals surface area contributed by atoms with E-state index in [-0.39, 0.29) is 29.1 Å². The normalized spacial score (nSPS) is 11.1. The minimum atomic E-state index is -4.47. The fourth-order valence-corrected chi connectivity index (χ4v) is 2.73. The maximum atomic E-state index is 12.7. The van der Waals surface area contributed by atoms with E-state index in [2.05, 4.69) is 10.3 Å². The van der Waals surface area contributed by atoms with E-state index in [0.29, 0.717) is 11.1 Å². The van der Waals surface area contributed by atoms with Crippen molar-refractivity contribution in [3.8, 4) is 17.0 Å². The number of aromatic nitrogens is 1. The van der Waals surface area contributed by atoms with Crippen LogP contribution in [-0.4, -0.2) is 27.1 Å². The SMILES string of the molecule is O=C(NO)c1ccc(CNC(=O)c2cc(-c3ccc(C(F)(F)F)cc3)ncc2O)cc1. The van der Waals surface area contributed by atoms with Gasteiger partial charge in [-0.2, -0.15) is 13.2 Å². The molecule has 0 saturated carbocycles. The molecule has 0 spiro atoms. The summed E-state index contributed by atoms with van der Waals surface area (Å²) < 4.78 is 38.2. The third kappa shape index (κ3) is 5.17. The van der Waals surface area contributed by atoms with Gasteiger partial charge >= 0.3 is 6.18 Å². The van der Waals surface area contributed by atoms with Crippen LogP contribution in [0, 0.1) is 0 Å². The van der Waals surface area contributed by atoms with Gasteiger partial charge < -0.3 is 10.4 Å². The lowest BCUT2D eigenvalue weighted by Crippen LogP contribution is -2.23. The molecule has 0 saturated heterocycles. The predicted octanol–water partition coefficient (Wildman–Crippen LogP) is 3.52. The van der Waals surface area contributed by atoms with E-state index in [1.807, 2.05) is 0 Å². The second-order valence-corrected chi connectivity index (χ2v) is 6.48. The number of carbonyl (C=O) groups is 2.